The van der Waals surface area contributed by atoms with E-state index in [0.29, 0.717) is 18.6 Å². The molecule has 0 unspecified atom stereocenters. The Morgan fingerprint density at radius 1 is 1.50 bits per heavy atom. The number of aromatic nitrogens is 2. The lowest BCUT2D eigenvalue weighted by atomic mass is 10.1. The molecule has 0 saturated carbocycles. The minimum Gasteiger partial charge on any atom is -0.396 e. The third-order valence-corrected chi connectivity index (χ3v) is 3.36. The second-order valence-electron chi connectivity index (χ2n) is 4.82. The number of aliphatic hydroxyl groups excluding tert-OH is 1. The van der Waals surface area contributed by atoms with Gasteiger partial charge in [-0.1, -0.05) is 23.8 Å². The highest BCUT2D eigenvalue weighted by Gasteiger charge is 2.21. The summed E-state index contributed by atoms with van der Waals surface area (Å²) in [5, 5.41) is 17.1. The topological polar surface area (TPSA) is 116 Å². The fourth-order valence-electron chi connectivity index (χ4n) is 2.13. The number of anilines is 3. The van der Waals surface area contributed by atoms with Crippen molar-refractivity contribution < 1.29 is 14.7 Å². The Hall–Kier alpha value is -2.19. The van der Waals surface area contributed by atoms with Crippen molar-refractivity contribution in [1.29, 1.82) is 0 Å². The monoisotopic (exact) mass is 325 g/mol. The Labute approximate surface area is 132 Å². The summed E-state index contributed by atoms with van der Waals surface area (Å²) in [7, 11) is 0. The van der Waals surface area contributed by atoms with Crippen LogP contribution in [0.25, 0.3) is 0 Å². The maximum atomic E-state index is 11.1. The molecule has 0 radical (unpaired) electrons. The van der Waals surface area contributed by atoms with Crippen LogP contribution in [0.2, 0.25) is 5.15 Å². The number of nitrogens with zero attached hydrogens (tertiary/aromatic N) is 2. The molecule has 2 rings (SSSR count). The van der Waals surface area contributed by atoms with Crippen LogP contribution in [0.5, 0.6) is 0 Å². The van der Waals surface area contributed by atoms with E-state index < -0.39 is 0 Å². The summed E-state index contributed by atoms with van der Waals surface area (Å²) < 4.78 is 0. The van der Waals surface area contributed by atoms with Gasteiger partial charge in [-0.05, 0) is 6.42 Å². The average molecular weight is 326 g/mol. The molecule has 2 amide bonds. The second kappa shape index (κ2) is 7.19. The summed E-state index contributed by atoms with van der Waals surface area (Å²) in [6.07, 6.45) is 4.96. The Morgan fingerprint density at radius 3 is 2.86 bits per heavy atom. The molecule has 0 spiro atoms. The third-order valence-electron chi connectivity index (χ3n) is 3.08. The summed E-state index contributed by atoms with van der Waals surface area (Å²) >= 11 is 6.02. The Bertz CT molecular complexity index is 608. The van der Waals surface area contributed by atoms with E-state index in [4.69, 9.17) is 16.7 Å². The Kier molecular flexibility index (Phi) is 5.29. The fourth-order valence-corrected chi connectivity index (χ4v) is 2.35. The number of carbonyl (C=O) groups excluding carboxylic acids is 2. The Balaban J connectivity index is 2.26. The summed E-state index contributed by atoms with van der Waals surface area (Å²) in [6.45, 7) is 1.39. The molecule has 0 fully saturated rings. The number of nitrogens with one attached hydrogen (secondary N) is 3. The highest BCUT2D eigenvalue weighted by molar-refractivity contribution is 6.33. The van der Waals surface area contributed by atoms with E-state index in [1.807, 2.05) is 12.2 Å². The summed E-state index contributed by atoms with van der Waals surface area (Å²) in [5.74, 6) is 0.0764. The van der Waals surface area contributed by atoms with Gasteiger partial charge in [0.25, 0.3) is 0 Å². The minimum atomic E-state index is -0.334. The number of rotatable bonds is 6. The van der Waals surface area contributed by atoms with Crippen LogP contribution in [0.3, 0.4) is 0 Å². The first-order chi connectivity index (χ1) is 10.5. The number of hydrogen-bond acceptors (Lipinski definition) is 6. The van der Waals surface area contributed by atoms with Crippen LogP contribution in [0.1, 0.15) is 13.3 Å². The van der Waals surface area contributed by atoms with Gasteiger partial charge in [0.2, 0.25) is 18.3 Å². The summed E-state index contributed by atoms with van der Waals surface area (Å²) in [5.41, 5.74) is 0.228. The predicted octanol–water partition coefficient (Wildman–Crippen LogP) is 1.01. The predicted molar refractivity (Wildman–Crippen MR) is 82.8 cm³/mol. The molecule has 22 heavy (non-hydrogen) atoms. The quantitative estimate of drug-likeness (QED) is 0.352. The van der Waals surface area contributed by atoms with Crippen LogP contribution in [0.15, 0.2) is 12.2 Å². The molecular weight excluding hydrogens is 310 g/mol. The molecule has 0 saturated heterocycles. The van der Waals surface area contributed by atoms with Gasteiger partial charge in [-0.2, -0.15) is 9.97 Å². The average Bonchev–Trinajstić information content (AvgIpc) is 2.89. The number of amides is 2. The lowest BCUT2D eigenvalue weighted by Gasteiger charge is -2.17. The zero-order valence-corrected chi connectivity index (χ0v) is 12.6. The van der Waals surface area contributed by atoms with Crippen molar-refractivity contribution in [2.75, 3.05) is 22.6 Å². The highest BCUT2D eigenvalue weighted by atomic mass is 35.5. The van der Waals surface area contributed by atoms with E-state index in [1.54, 1.807) is 0 Å². The Morgan fingerprint density at radius 2 is 2.27 bits per heavy atom. The van der Waals surface area contributed by atoms with Crippen LogP contribution in [0.4, 0.5) is 17.5 Å². The van der Waals surface area contributed by atoms with Gasteiger partial charge in [0.15, 0.2) is 11.0 Å². The van der Waals surface area contributed by atoms with Gasteiger partial charge < -0.3 is 15.7 Å². The normalized spacial score (nSPS) is 19.8. The highest BCUT2D eigenvalue weighted by Crippen LogP contribution is 2.30. The van der Waals surface area contributed by atoms with Crippen LogP contribution < -0.4 is 16.0 Å². The largest absolute Gasteiger partial charge is 0.396 e. The first-order valence-electron chi connectivity index (χ1n) is 6.64. The smallest absolute Gasteiger partial charge is 0.232 e. The van der Waals surface area contributed by atoms with Gasteiger partial charge in [-0.3, -0.25) is 14.9 Å². The van der Waals surface area contributed by atoms with Crippen LogP contribution in [-0.4, -0.2) is 40.0 Å². The lowest BCUT2D eigenvalue weighted by molar-refractivity contribution is -0.114. The molecule has 8 nitrogen and oxygen atoms in total. The van der Waals surface area contributed by atoms with Crippen molar-refractivity contribution in [2.24, 2.45) is 5.92 Å². The van der Waals surface area contributed by atoms with Crippen LogP contribution in [0, 0.1) is 5.92 Å². The number of hydrogen-bond donors (Lipinski definition) is 4. The lowest BCUT2D eigenvalue weighted by Crippen LogP contribution is -2.20. The van der Waals surface area contributed by atoms with Gasteiger partial charge in [-0.25, -0.2) is 0 Å². The first kappa shape index (κ1) is 16.2. The van der Waals surface area contributed by atoms with Crippen LogP contribution in [-0.2, 0) is 9.59 Å². The van der Waals surface area contributed by atoms with Crippen molar-refractivity contribution in [2.45, 2.75) is 19.4 Å². The standard InChI is InChI=1S/C13H16ClN5O3/c1-7(22)16-13-18-11(14)10(15-6-21)12(19-13)17-9-3-2-8(4-9)5-20/h2-3,6,8-9,20H,4-5H2,1H3,(H,15,21)(H2,16,17,18,19,22)/t8-,9+/m0/s1. The summed E-state index contributed by atoms with van der Waals surface area (Å²) in [4.78, 5) is 29.9. The fraction of sp³-hybridized carbons (Fsp3) is 0.385. The molecule has 1 aromatic rings. The molecule has 1 aliphatic carbocycles. The second-order valence-corrected chi connectivity index (χ2v) is 5.18. The number of halogens is 1. The molecule has 1 aromatic heterocycles. The van der Waals surface area contributed by atoms with Gasteiger partial charge in [0.05, 0.1) is 0 Å². The van der Waals surface area contributed by atoms with E-state index >= 15 is 0 Å². The molecule has 0 aliphatic heterocycles. The summed E-state index contributed by atoms with van der Waals surface area (Å²) in [6, 6.07) is -0.0690. The molecule has 0 aromatic carbocycles. The molecule has 1 aliphatic rings. The maximum absolute atomic E-state index is 11.1. The van der Waals surface area contributed by atoms with Crippen molar-refractivity contribution in [3.05, 3.63) is 17.3 Å². The van der Waals surface area contributed by atoms with Gasteiger partial charge in [-0.15, -0.1) is 0 Å². The minimum absolute atomic E-state index is 0.00837. The van der Waals surface area contributed by atoms with Crippen molar-refractivity contribution in [1.82, 2.24) is 9.97 Å². The zero-order chi connectivity index (χ0) is 16.1. The van der Waals surface area contributed by atoms with Crippen molar-refractivity contribution in [3.63, 3.8) is 0 Å². The molecule has 0 bridgehead atoms. The van der Waals surface area contributed by atoms with E-state index in [1.165, 1.54) is 6.92 Å². The van der Waals surface area contributed by atoms with Crippen molar-refractivity contribution in [3.8, 4) is 0 Å². The number of carbonyl (C=O) groups is 2. The molecule has 2 atom stereocenters. The van der Waals surface area contributed by atoms with Crippen LogP contribution >= 0.6 is 11.6 Å². The number of aliphatic hydroxyl groups is 1. The van der Waals surface area contributed by atoms with Gasteiger partial charge in [0.1, 0.15) is 5.69 Å². The van der Waals surface area contributed by atoms with E-state index in [9.17, 15) is 9.59 Å². The van der Waals surface area contributed by atoms with Gasteiger partial charge >= 0.3 is 0 Å². The zero-order valence-electron chi connectivity index (χ0n) is 11.8. The van der Waals surface area contributed by atoms with E-state index in [-0.39, 0.29) is 41.3 Å². The molecule has 118 valence electrons. The van der Waals surface area contributed by atoms with E-state index in [0.717, 1.165) is 0 Å². The maximum Gasteiger partial charge on any atom is 0.232 e. The van der Waals surface area contributed by atoms with Crippen molar-refractivity contribution >= 4 is 41.4 Å². The first-order valence-corrected chi connectivity index (χ1v) is 7.02. The van der Waals surface area contributed by atoms with E-state index in [2.05, 4.69) is 25.9 Å². The molecular formula is C13H16ClN5O3. The van der Waals surface area contributed by atoms with Gasteiger partial charge in [0, 0.05) is 25.5 Å². The SMILES string of the molecule is CC(=O)Nc1nc(Cl)c(NC=O)c(N[C@@H]2C=C[C@H](CO)C2)n1. The molecule has 4 N–H and O–H groups in total. The molecule has 1 heterocycles. The molecule has 9 heteroatoms. The third kappa shape index (κ3) is 3.92.